The van der Waals surface area contributed by atoms with Crippen molar-refractivity contribution in [3.8, 4) is 11.5 Å². The van der Waals surface area contributed by atoms with Crippen LogP contribution in [0.4, 0.5) is 8.78 Å². The Morgan fingerprint density at radius 2 is 1.83 bits per heavy atom. The van der Waals surface area contributed by atoms with Crippen LogP contribution in [-0.4, -0.2) is 4.98 Å². The van der Waals surface area contributed by atoms with Gasteiger partial charge in [0.1, 0.15) is 17.2 Å². The average molecular weight is 266 g/mol. The van der Waals surface area contributed by atoms with Gasteiger partial charge in [-0.2, -0.15) is 0 Å². The first-order valence-electron chi connectivity index (χ1n) is 5.15. The number of oxazole rings is 1. The summed E-state index contributed by atoms with van der Waals surface area (Å²) in [6, 6.07) is 8.56. The molecule has 0 bridgehead atoms. The number of fused-ring (bicyclic) bond motifs is 1. The lowest BCUT2D eigenvalue weighted by molar-refractivity contribution is 0.592. The molecule has 0 aliphatic rings. The number of nitrogens with zero attached hydrogens (tertiary/aromatic N) is 1. The van der Waals surface area contributed by atoms with Crippen LogP contribution >= 0.6 is 11.6 Å². The lowest BCUT2D eigenvalue weighted by Gasteiger charge is -1.95. The fraction of sp³-hybridized carbons (Fsp3) is 0. The molecule has 0 atom stereocenters. The van der Waals surface area contributed by atoms with Crippen molar-refractivity contribution in [2.45, 2.75) is 0 Å². The van der Waals surface area contributed by atoms with Crippen LogP contribution in [0.2, 0.25) is 5.02 Å². The SMILES string of the molecule is Fc1cc2nc(-c3ccccc3F)oc2cc1Cl. The normalized spacial score (nSPS) is 11.1. The molecule has 0 aliphatic carbocycles. The monoisotopic (exact) mass is 265 g/mol. The topological polar surface area (TPSA) is 26.0 Å². The van der Waals surface area contributed by atoms with Gasteiger partial charge in [0.15, 0.2) is 5.58 Å². The van der Waals surface area contributed by atoms with Crippen molar-refractivity contribution in [3.63, 3.8) is 0 Å². The maximum Gasteiger partial charge on any atom is 0.230 e. The van der Waals surface area contributed by atoms with Crippen LogP contribution < -0.4 is 0 Å². The van der Waals surface area contributed by atoms with E-state index in [9.17, 15) is 8.78 Å². The lowest BCUT2D eigenvalue weighted by atomic mass is 10.2. The van der Waals surface area contributed by atoms with Crippen molar-refractivity contribution in [2.24, 2.45) is 0 Å². The zero-order valence-corrected chi connectivity index (χ0v) is 9.71. The third kappa shape index (κ3) is 1.75. The third-order valence-electron chi connectivity index (χ3n) is 2.53. The highest BCUT2D eigenvalue weighted by molar-refractivity contribution is 6.31. The molecule has 18 heavy (non-hydrogen) atoms. The molecule has 3 aromatic rings. The second kappa shape index (κ2) is 4.07. The van der Waals surface area contributed by atoms with Gasteiger partial charge in [0.2, 0.25) is 5.89 Å². The molecule has 0 saturated heterocycles. The summed E-state index contributed by atoms with van der Waals surface area (Å²) in [5.41, 5.74) is 0.847. The second-order valence-electron chi connectivity index (χ2n) is 3.73. The summed E-state index contributed by atoms with van der Waals surface area (Å²) < 4.78 is 32.2. The van der Waals surface area contributed by atoms with Crippen LogP contribution in [0, 0.1) is 11.6 Å². The Bertz CT molecular complexity index is 700. The highest BCUT2D eigenvalue weighted by Crippen LogP contribution is 2.29. The number of rotatable bonds is 1. The van der Waals surface area contributed by atoms with E-state index >= 15 is 0 Å². The number of hydrogen-bond acceptors (Lipinski definition) is 2. The van der Waals surface area contributed by atoms with Gasteiger partial charge >= 0.3 is 0 Å². The Kier molecular flexibility index (Phi) is 2.52. The molecule has 0 amide bonds. The quantitative estimate of drug-likeness (QED) is 0.651. The summed E-state index contributed by atoms with van der Waals surface area (Å²) >= 11 is 5.64. The van der Waals surface area contributed by atoms with E-state index in [4.69, 9.17) is 16.0 Å². The number of aromatic nitrogens is 1. The summed E-state index contributed by atoms with van der Waals surface area (Å²) in [5, 5.41) is -0.0567. The second-order valence-corrected chi connectivity index (χ2v) is 4.14. The first-order valence-corrected chi connectivity index (χ1v) is 5.53. The van der Waals surface area contributed by atoms with Crippen molar-refractivity contribution < 1.29 is 13.2 Å². The largest absolute Gasteiger partial charge is 0.436 e. The molecule has 0 aliphatic heterocycles. The number of halogens is 3. The van der Waals surface area contributed by atoms with Gasteiger partial charge in [0, 0.05) is 12.1 Å². The molecule has 0 saturated carbocycles. The summed E-state index contributed by atoms with van der Waals surface area (Å²) in [4.78, 5) is 4.04. The van der Waals surface area contributed by atoms with E-state index in [1.54, 1.807) is 12.1 Å². The predicted octanol–water partition coefficient (Wildman–Crippen LogP) is 4.43. The number of hydrogen-bond donors (Lipinski definition) is 0. The van der Waals surface area contributed by atoms with Crippen LogP contribution in [-0.2, 0) is 0 Å². The Labute approximate surface area is 106 Å². The van der Waals surface area contributed by atoms with E-state index in [2.05, 4.69) is 4.98 Å². The molecule has 1 aromatic heterocycles. The molecular weight excluding hydrogens is 260 g/mol. The molecule has 2 aromatic carbocycles. The minimum atomic E-state index is -0.586. The van der Waals surface area contributed by atoms with Gasteiger partial charge in [-0.25, -0.2) is 13.8 Å². The van der Waals surface area contributed by atoms with Crippen LogP contribution in [0.1, 0.15) is 0 Å². The van der Waals surface area contributed by atoms with E-state index in [0.717, 1.165) is 6.07 Å². The summed E-state index contributed by atoms with van der Waals surface area (Å²) in [6.45, 7) is 0. The van der Waals surface area contributed by atoms with Crippen LogP contribution in [0.3, 0.4) is 0 Å². The van der Waals surface area contributed by atoms with Crippen molar-refractivity contribution in [3.05, 3.63) is 53.1 Å². The van der Waals surface area contributed by atoms with E-state index in [0.29, 0.717) is 11.1 Å². The van der Waals surface area contributed by atoms with Gasteiger partial charge in [0.25, 0.3) is 0 Å². The highest BCUT2D eigenvalue weighted by atomic mass is 35.5. The van der Waals surface area contributed by atoms with Crippen molar-refractivity contribution in [2.75, 3.05) is 0 Å². The van der Waals surface area contributed by atoms with E-state index < -0.39 is 11.6 Å². The highest BCUT2D eigenvalue weighted by Gasteiger charge is 2.13. The molecule has 5 heteroatoms. The van der Waals surface area contributed by atoms with Gasteiger partial charge in [-0.1, -0.05) is 23.7 Å². The Hall–Kier alpha value is -1.94. The van der Waals surface area contributed by atoms with Gasteiger partial charge in [-0.15, -0.1) is 0 Å². The first kappa shape index (κ1) is 11.2. The third-order valence-corrected chi connectivity index (χ3v) is 2.82. The van der Waals surface area contributed by atoms with Crippen molar-refractivity contribution in [1.29, 1.82) is 0 Å². The molecule has 0 unspecified atom stereocenters. The van der Waals surface area contributed by atoms with E-state index in [1.807, 2.05) is 0 Å². The van der Waals surface area contributed by atoms with Crippen molar-refractivity contribution in [1.82, 2.24) is 4.98 Å². The molecule has 90 valence electrons. The van der Waals surface area contributed by atoms with Crippen molar-refractivity contribution >= 4 is 22.7 Å². The van der Waals surface area contributed by atoms with E-state index in [1.165, 1.54) is 18.2 Å². The Morgan fingerprint density at radius 1 is 1.06 bits per heavy atom. The lowest BCUT2D eigenvalue weighted by Crippen LogP contribution is -1.82. The van der Waals surface area contributed by atoms with Crippen LogP contribution in [0.5, 0.6) is 0 Å². The van der Waals surface area contributed by atoms with Crippen LogP contribution in [0.15, 0.2) is 40.8 Å². The molecule has 2 nitrogen and oxygen atoms in total. The first-order chi connectivity index (χ1) is 8.65. The Morgan fingerprint density at radius 3 is 2.61 bits per heavy atom. The Balaban J connectivity index is 2.23. The van der Waals surface area contributed by atoms with Crippen LogP contribution in [0.25, 0.3) is 22.6 Å². The predicted molar refractivity (Wildman–Crippen MR) is 64.4 cm³/mol. The molecule has 0 spiro atoms. The zero-order valence-electron chi connectivity index (χ0n) is 8.95. The van der Waals surface area contributed by atoms with Gasteiger partial charge in [0.05, 0.1) is 10.6 Å². The minimum Gasteiger partial charge on any atom is -0.436 e. The average Bonchev–Trinajstić information content (AvgIpc) is 2.73. The zero-order chi connectivity index (χ0) is 12.7. The summed E-state index contributed by atoms with van der Waals surface area (Å²) in [5.74, 6) is -0.932. The fourth-order valence-corrected chi connectivity index (χ4v) is 1.83. The van der Waals surface area contributed by atoms with Gasteiger partial charge in [-0.05, 0) is 12.1 Å². The van der Waals surface area contributed by atoms with Gasteiger partial charge in [-0.3, -0.25) is 0 Å². The van der Waals surface area contributed by atoms with Gasteiger partial charge < -0.3 is 4.42 Å². The maximum absolute atomic E-state index is 13.6. The number of benzene rings is 2. The maximum atomic E-state index is 13.6. The smallest absolute Gasteiger partial charge is 0.230 e. The molecule has 0 radical (unpaired) electrons. The molecule has 0 fully saturated rings. The summed E-state index contributed by atoms with van der Waals surface area (Å²) in [7, 11) is 0. The summed E-state index contributed by atoms with van der Waals surface area (Å²) in [6.07, 6.45) is 0. The van der Waals surface area contributed by atoms with E-state index in [-0.39, 0.29) is 16.5 Å². The molecule has 1 heterocycles. The molecule has 0 N–H and O–H groups in total. The minimum absolute atomic E-state index is 0.0567. The fourth-order valence-electron chi connectivity index (χ4n) is 1.67. The molecule has 3 rings (SSSR count). The molecular formula is C13H6ClF2NO. The standard InChI is InChI=1S/C13H6ClF2NO/c14-8-5-12-11(6-10(8)16)17-13(18-12)7-3-1-2-4-9(7)15/h1-6H.